The lowest BCUT2D eigenvalue weighted by atomic mass is 9.96. The van der Waals surface area contributed by atoms with E-state index in [1.54, 1.807) is 41.3 Å². The van der Waals surface area contributed by atoms with Gasteiger partial charge in [0.1, 0.15) is 0 Å². The molecule has 0 aromatic heterocycles. The molecule has 1 heterocycles. The molecule has 0 radical (unpaired) electrons. The predicted octanol–water partition coefficient (Wildman–Crippen LogP) is 2.89. The molecule has 1 unspecified atom stereocenters. The summed E-state index contributed by atoms with van der Waals surface area (Å²) in [6.45, 7) is 2.93. The fourth-order valence-corrected chi connectivity index (χ4v) is 3.45. The number of benzene rings is 2. The molecule has 0 spiro atoms. The highest BCUT2D eigenvalue weighted by atomic mass is 35.5. The number of nitrogens with zero attached hydrogens (tertiary/aromatic N) is 1. The average Bonchev–Trinajstić information content (AvgIpc) is 2.74. The van der Waals surface area contributed by atoms with E-state index in [0.717, 1.165) is 17.5 Å². The van der Waals surface area contributed by atoms with Crippen molar-refractivity contribution in [1.82, 2.24) is 15.8 Å². The number of carbonyl (C=O) groups is 3. The van der Waals surface area contributed by atoms with Gasteiger partial charge in [-0.1, -0.05) is 41.4 Å². The molecule has 2 aromatic rings. The van der Waals surface area contributed by atoms with E-state index in [9.17, 15) is 14.4 Å². The molecule has 7 heteroatoms. The molecule has 3 rings (SSSR count). The Morgan fingerprint density at radius 3 is 2.41 bits per heavy atom. The van der Waals surface area contributed by atoms with Gasteiger partial charge in [0, 0.05) is 23.7 Å². The van der Waals surface area contributed by atoms with Crippen molar-refractivity contribution >= 4 is 29.3 Å². The summed E-state index contributed by atoms with van der Waals surface area (Å²) in [5.41, 5.74) is 7.45. The van der Waals surface area contributed by atoms with E-state index < -0.39 is 0 Å². The summed E-state index contributed by atoms with van der Waals surface area (Å²) in [5.74, 6) is -1.02. The molecule has 2 aromatic carbocycles. The van der Waals surface area contributed by atoms with E-state index in [4.69, 9.17) is 11.6 Å². The Morgan fingerprint density at radius 2 is 1.72 bits per heavy atom. The van der Waals surface area contributed by atoms with Gasteiger partial charge in [0.15, 0.2) is 0 Å². The van der Waals surface area contributed by atoms with Crippen LogP contribution in [0, 0.1) is 12.8 Å². The summed E-state index contributed by atoms with van der Waals surface area (Å²) in [4.78, 5) is 38.9. The minimum atomic E-state index is -0.353. The Balaban J connectivity index is 1.50. The number of rotatable bonds is 4. The lowest BCUT2D eigenvalue weighted by Gasteiger charge is -2.32. The molecule has 1 saturated heterocycles. The second-order valence-corrected chi connectivity index (χ2v) is 7.73. The van der Waals surface area contributed by atoms with Crippen LogP contribution >= 0.6 is 11.6 Å². The van der Waals surface area contributed by atoms with E-state index in [0.29, 0.717) is 30.1 Å². The van der Waals surface area contributed by atoms with E-state index in [1.807, 2.05) is 19.1 Å². The third kappa shape index (κ3) is 5.81. The molecule has 2 N–H and O–H groups in total. The minimum Gasteiger partial charge on any atom is -0.338 e. The summed E-state index contributed by atoms with van der Waals surface area (Å²) in [6.07, 6.45) is 1.56. The van der Waals surface area contributed by atoms with E-state index in [1.165, 1.54) is 0 Å². The number of hydrogen-bond donors (Lipinski definition) is 2. The predicted molar refractivity (Wildman–Crippen MR) is 111 cm³/mol. The third-order valence-electron chi connectivity index (χ3n) is 4.98. The van der Waals surface area contributed by atoms with Crippen LogP contribution in [0.1, 0.15) is 34.3 Å². The SMILES string of the molecule is Cc1ccc(C(=O)N2CCCC(C(=O)NNC(=O)Cc3ccc(Cl)cc3)C2)cc1. The Hall–Kier alpha value is -2.86. The molecule has 0 bridgehead atoms. The Morgan fingerprint density at radius 1 is 1.03 bits per heavy atom. The number of amides is 3. The monoisotopic (exact) mass is 413 g/mol. The van der Waals surface area contributed by atoms with E-state index in [-0.39, 0.29) is 30.1 Å². The third-order valence-corrected chi connectivity index (χ3v) is 5.23. The largest absolute Gasteiger partial charge is 0.338 e. The number of hydrogen-bond acceptors (Lipinski definition) is 3. The molecule has 6 nitrogen and oxygen atoms in total. The normalized spacial score (nSPS) is 16.2. The number of carbonyl (C=O) groups excluding carboxylic acids is 3. The first-order valence-corrected chi connectivity index (χ1v) is 9.99. The summed E-state index contributed by atoms with van der Waals surface area (Å²) in [5, 5.41) is 0.601. The van der Waals surface area contributed by atoms with Crippen molar-refractivity contribution < 1.29 is 14.4 Å². The summed E-state index contributed by atoms with van der Waals surface area (Å²) in [6, 6.07) is 14.4. The molecular weight excluding hydrogens is 390 g/mol. The van der Waals surface area contributed by atoms with Crippen LogP contribution in [0.3, 0.4) is 0 Å². The fourth-order valence-electron chi connectivity index (χ4n) is 3.32. The quantitative estimate of drug-likeness (QED) is 0.756. The van der Waals surface area contributed by atoms with Gasteiger partial charge in [0.2, 0.25) is 11.8 Å². The lowest BCUT2D eigenvalue weighted by Crippen LogP contribution is -2.50. The van der Waals surface area contributed by atoms with Crippen molar-refractivity contribution in [2.75, 3.05) is 13.1 Å². The maximum Gasteiger partial charge on any atom is 0.253 e. The molecule has 152 valence electrons. The summed E-state index contributed by atoms with van der Waals surface area (Å²) >= 11 is 5.83. The second-order valence-electron chi connectivity index (χ2n) is 7.30. The van der Waals surface area contributed by atoms with Gasteiger partial charge in [-0.3, -0.25) is 25.2 Å². The Labute approximate surface area is 175 Å². The smallest absolute Gasteiger partial charge is 0.253 e. The maximum absolute atomic E-state index is 12.7. The Bertz CT molecular complexity index is 881. The van der Waals surface area contributed by atoms with Crippen LogP contribution in [0.5, 0.6) is 0 Å². The topological polar surface area (TPSA) is 78.5 Å². The number of aryl methyl sites for hydroxylation is 1. The number of hydrazine groups is 1. The molecule has 0 aliphatic carbocycles. The van der Waals surface area contributed by atoms with Crippen LogP contribution in [0.25, 0.3) is 0 Å². The van der Waals surface area contributed by atoms with Crippen molar-refractivity contribution in [2.24, 2.45) is 5.92 Å². The fraction of sp³-hybridized carbons (Fsp3) is 0.318. The molecule has 3 amide bonds. The van der Waals surface area contributed by atoms with Crippen LogP contribution in [0.2, 0.25) is 5.02 Å². The van der Waals surface area contributed by atoms with Gasteiger partial charge in [-0.2, -0.15) is 0 Å². The van der Waals surface area contributed by atoms with E-state index >= 15 is 0 Å². The first kappa shape index (κ1) is 20.9. The average molecular weight is 414 g/mol. The maximum atomic E-state index is 12.7. The van der Waals surface area contributed by atoms with Crippen molar-refractivity contribution in [2.45, 2.75) is 26.2 Å². The van der Waals surface area contributed by atoms with Gasteiger partial charge in [-0.15, -0.1) is 0 Å². The van der Waals surface area contributed by atoms with Gasteiger partial charge in [0.05, 0.1) is 12.3 Å². The van der Waals surface area contributed by atoms with Crippen molar-refractivity contribution in [3.8, 4) is 0 Å². The highest BCUT2D eigenvalue weighted by Gasteiger charge is 2.29. The molecule has 1 aliphatic heterocycles. The van der Waals surface area contributed by atoms with Crippen LogP contribution < -0.4 is 10.9 Å². The first-order chi connectivity index (χ1) is 13.9. The molecule has 29 heavy (non-hydrogen) atoms. The minimum absolute atomic E-state index is 0.0747. The molecule has 1 atom stereocenters. The zero-order valence-electron chi connectivity index (χ0n) is 16.3. The van der Waals surface area contributed by atoms with Crippen LogP contribution in [0.15, 0.2) is 48.5 Å². The first-order valence-electron chi connectivity index (χ1n) is 9.61. The summed E-state index contributed by atoms with van der Waals surface area (Å²) < 4.78 is 0. The van der Waals surface area contributed by atoms with Gasteiger partial charge in [-0.25, -0.2) is 0 Å². The zero-order chi connectivity index (χ0) is 20.8. The van der Waals surface area contributed by atoms with Crippen molar-refractivity contribution in [1.29, 1.82) is 0 Å². The van der Waals surface area contributed by atoms with Gasteiger partial charge >= 0.3 is 0 Å². The number of likely N-dealkylation sites (tertiary alicyclic amines) is 1. The molecular formula is C22H24ClN3O3. The zero-order valence-corrected chi connectivity index (χ0v) is 17.0. The van der Waals surface area contributed by atoms with Crippen molar-refractivity contribution in [3.63, 3.8) is 0 Å². The second kappa shape index (κ2) is 9.56. The number of piperidine rings is 1. The van der Waals surface area contributed by atoms with Crippen LogP contribution in [0.4, 0.5) is 0 Å². The highest BCUT2D eigenvalue weighted by molar-refractivity contribution is 6.30. The van der Waals surface area contributed by atoms with Crippen LogP contribution in [-0.4, -0.2) is 35.7 Å². The molecule has 1 aliphatic rings. The number of nitrogens with one attached hydrogen (secondary N) is 2. The van der Waals surface area contributed by atoms with Gasteiger partial charge in [0.25, 0.3) is 5.91 Å². The van der Waals surface area contributed by atoms with Crippen LogP contribution in [-0.2, 0) is 16.0 Å². The highest BCUT2D eigenvalue weighted by Crippen LogP contribution is 2.19. The summed E-state index contributed by atoms with van der Waals surface area (Å²) in [7, 11) is 0. The van der Waals surface area contributed by atoms with Gasteiger partial charge in [-0.05, 0) is 49.6 Å². The van der Waals surface area contributed by atoms with Crippen molar-refractivity contribution in [3.05, 3.63) is 70.2 Å². The molecule has 0 saturated carbocycles. The standard InChI is InChI=1S/C22H24ClN3O3/c1-15-4-8-17(9-5-15)22(29)26-12-2-3-18(14-26)21(28)25-24-20(27)13-16-6-10-19(23)11-7-16/h4-11,18H,2-3,12-14H2,1H3,(H,24,27)(H,25,28). The van der Waals surface area contributed by atoms with E-state index in [2.05, 4.69) is 10.9 Å². The molecule has 1 fully saturated rings. The Kier molecular flexibility index (Phi) is 6.88. The lowest BCUT2D eigenvalue weighted by molar-refractivity contribution is -0.131. The number of halogens is 1. The van der Waals surface area contributed by atoms with Gasteiger partial charge < -0.3 is 4.90 Å².